The van der Waals surface area contributed by atoms with Crippen LogP contribution in [0.3, 0.4) is 0 Å². The Kier molecular flexibility index (Phi) is 3.33. The number of rotatable bonds is 3. The van der Waals surface area contributed by atoms with E-state index in [-0.39, 0.29) is 12.6 Å². The molecule has 4 heteroatoms. The molecule has 1 heterocycles. The van der Waals surface area contributed by atoms with Crippen molar-refractivity contribution in [1.82, 2.24) is 0 Å². The number of nitriles is 1. The van der Waals surface area contributed by atoms with E-state index in [4.69, 9.17) is 9.47 Å². The van der Waals surface area contributed by atoms with Crippen LogP contribution in [0.2, 0.25) is 0 Å². The molecule has 0 spiro atoms. The number of fused-ring (bicyclic) bond motifs is 1. The van der Waals surface area contributed by atoms with Crippen LogP contribution < -0.4 is 9.47 Å². The molecule has 0 amide bonds. The van der Waals surface area contributed by atoms with E-state index >= 15 is 0 Å². The second-order valence-electron chi connectivity index (χ2n) is 4.91. The first kappa shape index (κ1) is 13.2. The average molecular weight is 279 g/mol. The van der Waals surface area contributed by atoms with Gasteiger partial charge in [0.15, 0.2) is 17.3 Å². The number of carbonyl (C=O) groups is 1. The van der Waals surface area contributed by atoms with Crippen LogP contribution in [0.4, 0.5) is 0 Å². The minimum absolute atomic E-state index is 0.168. The van der Waals surface area contributed by atoms with E-state index in [1.165, 1.54) is 0 Å². The number of aryl methyl sites for hydroxylation is 1. The van der Waals surface area contributed by atoms with Crippen LogP contribution in [0.1, 0.15) is 27.4 Å². The summed E-state index contributed by atoms with van der Waals surface area (Å²) in [5.74, 6) is 0.157. The van der Waals surface area contributed by atoms with Gasteiger partial charge in [-0.2, -0.15) is 5.26 Å². The SMILES string of the molecule is Cc1cccc(C(=O)C(C#N)c2ccc3c(c2)OCO3)c1. The van der Waals surface area contributed by atoms with E-state index in [9.17, 15) is 10.1 Å². The molecule has 0 N–H and O–H groups in total. The summed E-state index contributed by atoms with van der Waals surface area (Å²) in [6.07, 6.45) is 0. The predicted octanol–water partition coefficient (Wildman–Crippen LogP) is 3.21. The number of carbonyl (C=O) groups excluding carboxylic acids is 1. The van der Waals surface area contributed by atoms with Gasteiger partial charge < -0.3 is 9.47 Å². The fraction of sp³-hybridized carbons (Fsp3) is 0.176. The second kappa shape index (κ2) is 5.29. The van der Waals surface area contributed by atoms with Gasteiger partial charge in [-0.15, -0.1) is 0 Å². The van der Waals surface area contributed by atoms with Crippen LogP contribution in [-0.4, -0.2) is 12.6 Å². The van der Waals surface area contributed by atoms with E-state index < -0.39 is 5.92 Å². The molecule has 1 aliphatic heterocycles. The smallest absolute Gasteiger partial charge is 0.231 e. The number of hydrogen-bond donors (Lipinski definition) is 0. The summed E-state index contributed by atoms with van der Waals surface area (Å²) in [5.41, 5.74) is 2.15. The third-order valence-corrected chi connectivity index (χ3v) is 3.42. The minimum Gasteiger partial charge on any atom is -0.454 e. The van der Waals surface area contributed by atoms with Gasteiger partial charge in [-0.05, 0) is 30.7 Å². The summed E-state index contributed by atoms with van der Waals surface area (Å²) in [4.78, 5) is 12.5. The lowest BCUT2D eigenvalue weighted by Gasteiger charge is -2.10. The predicted molar refractivity (Wildman–Crippen MR) is 76.4 cm³/mol. The zero-order valence-electron chi connectivity index (χ0n) is 11.5. The number of ether oxygens (including phenoxy) is 2. The van der Waals surface area contributed by atoms with Crippen molar-refractivity contribution >= 4 is 5.78 Å². The molecule has 0 aliphatic carbocycles. The zero-order valence-corrected chi connectivity index (χ0v) is 11.5. The molecule has 1 unspecified atom stereocenters. The maximum atomic E-state index is 12.5. The number of hydrogen-bond acceptors (Lipinski definition) is 4. The van der Waals surface area contributed by atoms with Gasteiger partial charge in [-0.3, -0.25) is 4.79 Å². The summed E-state index contributed by atoms with van der Waals surface area (Å²) >= 11 is 0. The highest BCUT2D eigenvalue weighted by molar-refractivity contribution is 6.02. The molecule has 3 rings (SSSR count). The van der Waals surface area contributed by atoms with E-state index in [1.807, 2.05) is 19.1 Å². The quantitative estimate of drug-likeness (QED) is 0.809. The van der Waals surface area contributed by atoms with Gasteiger partial charge in [-0.25, -0.2) is 0 Å². The Hall–Kier alpha value is -2.80. The van der Waals surface area contributed by atoms with Crippen molar-refractivity contribution in [3.63, 3.8) is 0 Å². The molecule has 0 aromatic heterocycles. The molecule has 1 atom stereocenters. The molecular weight excluding hydrogens is 266 g/mol. The molecular formula is C17H13NO3. The molecule has 4 nitrogen and oxygen atoms in total. The highest BCUT2D eigenvalue weighted by Crippen LogP contribution is 2.35. The standard InChI is InChI=1S/C17H13NO3/c1-11-3-2-4-13(7-11)17(19)14(9-18)12-5-6-15-16(8-12)21-10-20-15/h2-8,14H,10H2,1H3. The van der Waals surface area contributed by atoms with Crippen molar-refractivity contribution in [1.29, 1.82) is 5.26 Å². The summed E-state index contributed by atoms with van der Waals surface area (Å²) in [6.45, 7) is 2.08. The van der Waals surface area contributed by atoms with Gasteiger partial charge in [0.25, 0.3) is 0 Å². The fourth-order valence-corrected chi connectivity index (χ4v) is 2.34. The topological polar surface area (TPSA) is 59.3 Å². The minimum atomic E-state index is -0.846. The fourth-order valence-electron chi connectivity index (χ4n) is 2.34. The Balaban J connectivity index is 1.95. The normalized spacial score (nSPS) is 13.5. The molecule has 0 radical (unpaired) electrons. The molecule has 21 heavy (non-hydrogen) atoms. The lowest BCUT2D eigenvalue weighted by molar-refractivity contribution is 0.0979. The Morgan fingerprint density at radius 1 is 1.19 bits per heavy atom. The van der Waals surface area contributed by atoms with E-state index in [1.54, 1.807) is 30.3 Å². The number of Topliss-reactive ketones (excluding diaryl/α,β-unsaturated/α-hetero) is 1. The molecule has 0 fully saturated rings. The van der Waals surface area contributed by atoms with Gasteiger partial charge in [0.1, 0.15) is 5.92 Å². The number of nitrogens with zero attached hydrogens (tertiary/aromatic N) is 1. The van der Waals surface area contributed by atoms with Gasteiger partial charge >= 0.3 is 0 Å². The first-order valence-corrected chi connectivity index (χ1v) is 6.59. The molecule has 2 aromatic rings. The van der Waals surface area contributed by atoms with Gasteiger partial charge in [0.2, 0.25) is 6.79 Å². The summed E-state index contributed by atoms with van der Waals surface area (Å²) < 4.78 is 10.5. The maximum Gasteiger partial charge on any atom is 0.231 e. The van der Waals surface area contributed by atoms with E-state index in [0.717, 1.165) is 5.56 Å². The summed E-state index contributed by atoms with van der Waals surface area (Å²) in [5, 5.41) is 9.39. The Bertz CT molecular complexity index is 746. The second-order valence-corrected chi connectivity index (χ2v) is 4.91. The third kappa shape index (κ3) is 2.46. The largest absolute Gasteiger partial charge is 0.454 e. The molecule has 0 bridgehead atoms. The van der Waals surface area contributed by atoms with E-state index in [0.29, 0.717) is 22.6 Å². The van der Waals surface area contributed by atoms with Crippen molar-refractivity contribution in [3.8, 4) is 17.6 Å². The lowest BCUT2D eigenvalue weighted by Crippen LogP contribution is -2.11. The Labute approximate surface area is 122 Å². The van der Waals surface area contributed by atoms with Crippen molar-refractivity contribution < 1.29 is 14.3 Å². The molecule has 1 aliphatic rings. The number of benzene rings is 2. The zero-order chi connectivity index (χ0) is 14.8. The van der Waals surface area contributed by atoms with Crippen molar-refractivity contribution in [2.45, 2.75) is 12.8 Å². The van der Waals surface area contributed by atoms with Crippen LogP contribution in [-0.2, 0) is 0 Å². The van der Waals surface area contributed by atoms with Crippen LogP contribution in [0.5, 0.6) is 11.5 Å². The van der Waals surface area contributed by atoms with Crippen LogP contribution in [0.15, 0.2) is 42.5 Å². The van der Waals surface area contributed by atoms with Crippen LogP contribution >= 0.6 is 0 Å². The highest BCUT2D eigenvalue weighted by Gasteiger charge is 2.24. The van der Waals surface area contributed by atoms with Crippen molar-refractivity contribution in [2.24, 2.45) is 0 Å². The first-order valence-electron chi connectivity index (χ1n) is 6.59. The lowest BCUT2D eigenvalue weighted by atomic mass is 9.91. The van der Waals surface area contributed by atoms with Crippen molar-refractivity contribution in [3.05, 3.63) is 59.2 Å². The monoisotopic (exact) mass is 279 g/mol. The highest BCUT2D eigenvalue weighted by atomic mass is 16.7. The molecule has 0 saturated carbocycles. The summed E-state index contributed by atoms with van der Waals surface area (Å²) in [7, 11) is 0. The van der Waals surface area contributed by atoms with Crippen LogP contribution in [0.25, 0.3) is 0 Å². The van der Waals surface area contributed by atoms with Gasteiger partial charge in [0, 0.05) is 5.56 Å². The average Bonchev–Trinajstić information content (AvgIpc) is 2.95. The summed E-state index contributed by atoms with van der Waals surface area (Å²) in [6, 6.07) is 14.5. The molecule has 2 aromatic carbocycles. The Morgan fingerprint density at radius 2 is 2.00 bits per heavy atom. The van der Waals surface area contributed by atoms with Gasteiger partial charge in [0.05, 0.1) is 6.07 Å². The first-order chi connectivity index (χ1) is 10.2. The Morgan fingerprint density at radius 3 is 2.76 bits per heavy atom. The third-order valence-electron chi connectivity index (χ3n) is 3.42. The molecule has 0 saturated heterocycles. The van der Waals surface area contributed by atoms with E-state index in [2.05, 4.69) is 6.07 Å². The molecule has 104 valence electrons. The maximum absolute atomic E-state index is 12.5. The van der Waals surface area contributed by atoms with Gasteiger partial charge in [-0.1, -0.05) is 29.8 Å². The van der Waals surface area contributed by atoms with Crippen LogP contribution in [0, 0.1) is 18.3 Å². The number of ketones is 1. The van der Waals surface area contributed by atoms with Crippen molar-refractivity contribution in [2.75, 3.05) is 6.79 Å².